The lowest BCUT2D eigenvalue weighted by Crippen LogP contribution is -2.02. The van der Waals surface area contributed by atoms with Crippen molar-refractivity contribution in [1.82, 2.24) is 4.37 Å². The zero-order valence-electron chi connectivity index (χ0n) is 5.83. The Morgan fingerprint density at radius 1 is 1.91 bits per heavy atom. The first-order valence-corrected chi connectivity index (χ1v) is 4.59. The van der Waals surface area contributed by atoms with Crippen molar-refractivity contribution < 1.29 is 9.53 Å². The van der Waals surface area contributed by atoms with Crippen molar-refractivity contribution >= 4 is 33.4 Å². The maximum atomic E-state index is 11.0. The van der Waals surface area contributed by atoms with E-state index in [-0.39, 0.29) is 5.97 Å². The average molecular weight is 236 g/mol. The number of ether oxygens (including phenoxy) is 1. The number of halogens is 1. The molecule has 0 aliphatic carbocycles. The number of carbonyl (C=O) groups excluding carboxylic acids is 1. The predicted molar refractivity (Wildman–Crippen MR) is 45.8 cm³/mol. The van der Waals surface area contributed by atoms with Gasteiger partial charge in [-0.25, -0.2) is 4.79 Å². The average Bonchev–Trinajstić information content (AvgIpc) is 2.36. The van der Waals surface area contributed by atoms with Crippen LogP contribution in [0, 0.1) is 0 Å². The Kier molecular flexibility index (Phi) is 3.02. The van der Waals surface area contributed by atoms with Crippen molar-refractivity contribution in [2.45, 2.75) is 6.92 Å². The van der Waals surface area contributed by atoms with Crippen molar-refractivity contribution in [2.75, 3.05) is 6.61 Å². The molecule has 0 fully saturated rings. The van der Waals surface area contributed by atoms with Gasteiger partial charge in [-0.05, 0) is 34.4 Å². The van der Waals surface area contributed by atoms with Gasteiger partial charge in [-0.1, -0.05) is 0 Å². The molecule has 11 heavy (non-hydrogen) atoms. The van der Waals surface area contributed by atoms with Crippen LogP contribution in [0.25, 0.3) is 0 Å². The van der Waals surface area contributed by atoms with Crippen molar-refractivity contribution in [2.24, 2.45) is 0 Å². The summed E-state index contributed by atoms with van der Waals surface area (Å²) in [5.74, 6) is -0.318. The van der Waals surface area contributed by atoms with Gasteiger partial charge in [-0.15, -0.1) is 0 Å². The standard InChI is InChI=1S/C6H6BrNO2S/c1-2-10-6(9)5-4(7)3-8-11-5/h3H,2H2,1H3. The molecule has 0 saturated heterocycles. The van der Waals surface area contributed by atoms with Crippen LogP contribution in [0.3, 0.4) is 0 Å². The monoisotopic (exact) mass is 235 g/mol. The second-order valence-electron chi connectivity index (χ2n) is 1.72. The molecular formula is C6H6BrNO2S. The SMILES string of the molecule is CCOC(=O)c1sncc1Br. The Morgan fingerprint density at radius 3 is 3.09 bits per heavy atom. The number of hydrogen-bond acceptors (Lipinski definition) is 4. The quantitative estimate of drug-likeness (QED) is 0.738. The summed E-state index contributed by atoms with van der Waals surface area (Å²) in [5, 5.41) is 0. The molecule has 1 aromatic rings. The molecule has 0 unspecified atom stereocenters. The normalized spacial score (nSPS) is 9.64. The minimum Gasteiger partial charge on any atom is -0.462 e. The largest absolute Gasteiger partial charge is 0.462 e. The number of esters is 1. The van der Waals surface area contributed by atoms with Crippen molar-refractivity contribution in [3.63, 3.8) is 0 Å². The van der Waals surface area contributed by atoms with E-state index in [2.05, 4.69) is 20.3 Å². The summed E-state index contributed by atoms with van der Waals surface area (Å²) in [7, 11) is 0. The number of hydrogen-bond donors (Lipinski definition) is 0. The van der Waals surface area contributed by atoms with Gasteiger partial charge in [0.15, 0.2) is 0 Å². The van der Waals surface area contributed by atoms with Gasteiger partial charge in [0.05, 0.1) is 17.3 Å². The molecule has 0 bridgehead atoms. The van der Waals surface area contributed by atoms with Crippen LogP contribution in [0.4, 0.5) is 0 Å². The number of carbonyl (C=O) groups is 1. The third kappa shape index (κ3) is 2.00. The highest BCUT2D eigenvalue weighted by Gasteiger charge is 2.12. The third-order valence-electron chi connectivity index (χ3n) is 0.988. The van der Waals surface area contributed by atoms with Gasteiger partial charge in [0, 0.05) is 0 Å². The Hall–Kier alpha value is -0.420. The molecule has 0 aliphatic rings. The first-order chi connectivity index (χ1) is 5.25. The minimum atomic E-state index is -0.318. The van der Waals surface area contributed by atoms with Crippen molar-refractivity contribution in [3.8, 4) is 0 Å². The molecule has 5 heteroatoms. The molecule has 0 atom stereocenters. The number of nitrogens with zero attached hydrogens (tertiary/aromatic N) is 1. The Balaban J connectivity index is 2.76. The Labute approximate surface area is 76.7 Å². The Morgan fingerprint density at radius 2 is 2.64 bits per heavy atom. The van der Waals surface area contributed by atoms with E-state index in [1.165, 1.54) is 0 Å². The summed E-state index contributed by atoms with van der Waals surface area (Å²) < 4.78 is 9.28. The molecule has 0 spiro atoms. The van der Waals surface area contributed by atoms with Gasteiger partial charge in [0.1, 0.15) is 4.88 Å². The summed E-state index contributed by atoms with van der Waals surface area (Å²) in [5.41, 5.74) is 0. The number of rotatable bonds is 2. The topological polar surface area (TPSA) is 39.2 Å². The lowest BCUT2D eigenvalue weighted by molar-refractivity contribution is 0.0531. The lowest BCUT2D eigenvalue weighted by Gasteiger charge is -1.96. The fraction of sp³-hybridized carbons (Fsp3) is 0.333. The van der Waals surface area contributed by atoms with E-state index < -0.39 is 0 Å². The van der Waals surface area contributed by atoms with E-state index in [4.69, 9.17) is 4.74 Å². The summed E-state index contributed by atoms with van der Waals surface area (Å²) in [6.07, 6.45) is 1.58. The van der Waals surface area contributed by atoms with Crippen LogP contribution in [-0.4, -0.2) is 16.9 Å². The fourth-order valence-corrected chi connectivity index (χ4v) is 1.71. The summed E-state index contributed by atoms with van der Waals surface area (Å²) in [6, 6.07) is 0. The van der Waals surface area contributed by atoms with Gasteiger partial charge in [0.2, 0.25) is 0 Å². The highest BCUT2D eigenvalue weighted by atomic mass is 79.9. The molecule has 0 aliphatic heterocycles. The van der Waals surface area contributed by atoms with Gasteiger partial charge in [0.25, 0.3) is 0 Å². The predicted octanol–water partition coefficient (Wildman–Crippen LogP) is 2.08. The van der Waals surface area contributed by atoms with E-state index in [1.807, 2.05) is 0 Å². The van der Waals surface area contributed by atoms with Crippen LogP contribution >= 0.6 is 27.5 Å². The first-order valence-electron chi connectivity index (χ1n) is 3.03. The summed E-state index contributed by atoms with van der Waals surface area (Å²) >= 11 is 4.31. The van der Waals surface area contributed by atoms with Crippen molar-refractivity contribution in [3.05, 3.63) is 15.5 Å². The zero-order chi connectivity index (χ0) is 8.27. The fourth-order valence-electron chi connectivity index (χ4n) is 0.559. The van der Waals surface area contributed by atoms with Gasteiger partial charge >= 0.3 is 5.97 Å². The highest BCUT2D eigenvalue weighted by Crippen LogP contribution is 2.20. The third-order valence-corrected chi connectivity index (χ3v) is 2.63. The number of aromatic nitrogens is 1. The molecule has 1 aromatic heterocycles. The molecule has 0 radical (unpaired) electrons. The molecule has 0 amide bonds. The molecule has 0 saturated carbocycles. The minimum absolute atomic E-state index is 0.318. The molecule has 60 valence electrons. The molecule has 0 aromatic carbocycles. The van der Waals surface area contributed by atoms with E-state index in [0.717, 1.165) is 11.5 Å². The molecule has 1 heterocycles. The van der Waals surface area contributed by atoms with Gasteiger partial charge in [-0.2, -0.15) is 4.37 Å². The summed E-state index contributed by atoms with van der Waals surface area (Å²) in [4.78, 5) is 11.6. The van der Waals surface area contributed by atoms with Crippen molar-refractivity contribution in [1.29, 1.82) is 0 Å². The zero-order valence-corrected chi connectivity index (χ0v) is 8.24. The van der Waals surface area contributed by atoms with E-state index in [1.54, 1.807) is 13.1 Å². The molecule has 1 rings (SSSR count). The maximum Gasteiger partial charge on any atom is 0.351 e. The van der Waals surface area contributed by atoms with E-state index in [0.29, 0.717) is 16.0 Å². The lowest BCUT2D eigenvalue weighted by atomic mass is 10.5. The first kappa shape index (κ1) is 8.67. The maximum absolute atomic E-state index is 11.0. The van der Waals surface area contributed by atoms with E-state index >= 15 is 0 Å². The highest BCUT2D eigenvalue weighted by molar-refractivity contribution is 9.10. The van der Waals surface area contributed by atoms with E-state index in [9.17, 15) is 4.79 Å². The van der Waals surface area contributed by atoms with Crippen LogP contribution in [0.1, 0.15) is 16.6 Å². The smallest absolute Gasteiger partial charge is 0.351 e. The Bertz CT molecular complexity index is 261. The van der Waals surface area contributed by atoms with Gasteiger partial charge < -0.3 is 4.74 Å². The van der Waals surface area contributed by atoms with Crippen LogP contribution in [0.5, 0.6) is 0 Å². The van der Waals surface area contributed by atoms with Gasteiger partial charge in [-0.3, -0.25) is 0 Å². The molecule has 3 nitrogen and oxygen atoms in total. The van der Waals surface area contributed by atoms with Crippen LogP contribution in [0.15, 0.2) is 10.7 Å². The second kappa shape index (κ2) is 3.82. The van der Waals surface area contributed by atoms with Crippen LogP contribution in [-0.2, 0) is 4.74 Å². The van der Waals surface area contributed by atoms with Crippen LogP contribution in [0.2, 0.25) is 0 Å². The summed E-state index contributed by atoms with van der Waals surface area (Å²) in [6.45, 7) is 2.16. The molecule has 0 N–H and O–H groups in total. The van der Waals surface area contributed by atoms with Crippen LogP contribution < -0.4 is 0 Å². The second-order valence-corrected chi connectivity index (χ2v) is 3.38. The molecular weight excluding hydrogens is 230 g/mol.